The zero-order chi connectivity index (χ0) is 16.1. The second-order valence-corrected chi connectivity index (χ2v) is 5.58. The summed E-state index contributed by atoms with van der Waals surface area (Å²) in [5.74, 6) is 6.02. The molecule has 0 spiro atoms. The predicted molar refractivity (Wildman–Crippen MR) is 88.2 cm³/mol. The summed E-state index contributed by atoms with van der Waals surface area (Å²) in [6.07, 6.45) is 1.43. The first-order chi connectivity index (χ1) is 11.3. The van der Waals surface area contributed by atoms with E-state index in [-0.39, 0.29) is 12.4 Å². The molecule has 2 heterocycles. The zero-order valence-corrected chi connectivity index (χ0v) is 13.3. The number of nitrogens with zero attached hydrogens (tertiary/aromatic N) is 2. The Labute approximate surface area is 137 Å². The monoisotopic (exact) mass is 326 g/mol. The smallest absolute Gasteiger partial charge is 0.375 e. The summed E-state index contributed by atoms with van der Waals surface area (Å²) in [5, 5.41) is 0.910. The fourth-order valence-electron chi connectivity index (χ4n) is 2.02. The standard InChI is InChI=1S/C17H14N2O3S/c1-19-14-8-3-2-7-13(14)18-17(19)23-12-5-4-10-22-16(20)15-9-6-11-21-15/h2-3,6-9,11H,10,12H2,1H3. The van der Waals surface area contributed by atoms with Gasteiger partial charge in [-0.15, -0.1) is 0 Å². The number of para-hydroxylation sites is 2. The number of esters is 1. The molecule has 0 radical (unpaired) electrons. The van der Waals surface area contributed by atoms with Crippen molar-refractivity contribution in [2.24, 2.45) is 7.05 Å². The van der Waals surface area contributed by atoms with Gasteiger partial charge in [0.2, 0.25) is 5.76 Å². The number of fused-ring (bicyclic) bond motifs is 1. The molecule has 0 aliphatic rings. The Bertz CT molecular complexity index is 872. The number of furan rings is 1. The van der Waals surface area contributed by atoms with E-state index in [0.29, 0.717) is 5.75 Å². The Balaban J connectivity index is 1.49. The Morgan fingerprint density at radius 1 is 1.30 bits per heavy atom. The van der Waals surface area contributed by atoms with Gasteiger partial charge < -0.3 is 13.7 Å². The number of aryl methyl sites for hydroxylation is 1. The highest BCUT2D eigenvalue weighted by Gasteiger charge is 2.08. The van der Waals surface area contributed by atoms with Crippen LogP contribution in [0.15, 0.2) is 52.2 Å². The maximum Gasteiger partial charge on any atom is 0.375 e. The first-order valence-corrected chi connectivity index (χ1v) is 7.95. The van der Waals surface area contributed by atoms with Crippen LogP contribution in [0.2, 0.25) is 0 Å². The second kappa shape index (κ2) is 7.07. The summed E-state index contributed by atoms with van der Waals surface area (Å²) in [7, 11) is 1.98. The van der Waals surface area contributed by atoms with E-state index in [2.05, 4.69) is 16.8 Å². The highest BCUT2D eigenvalue weighted by molar-refractivity contribution is 7.99. The van der Waals surface area contributed by atoms with Crippen LogP contribution in [0.5, 0.6) is 0 Å². The van der Waals surface area contributed by atoms with Gasteiger partial charge in [-0.05, 0) is 24.3 Å². The van der Waals surface area contributed by atoms with Crippen molar-refractivity contribution in [2.45, 2.75) is 5.16 Å². The number of benzene rings is 1. The molecule has 0 aliphatic heterocycles. The molecule has 0 aliphatic carbocycles. The minimum atomic E-state index is -0.507. The van der Waals surface area contributed by atoms with Crippen molar-refractivity contribution >= 4 is 28.8 Å². The molecule has 0 amide bonds. The minimum absolute atomic E-state index is 0.0443. The minimum Gasteiger partial charge on any atom is -0.457 e. The zero-order valence-electron chi connectivity index (χ0n) is 12.5. The fraction of sp³-hybridized carbons (Fsp3) is 0.176. The van der Waals surface area contributed by atoms with Crippen LogP contribution in [-0.4, -0.2) is 27.9 Å². The summed E-state index contributed by atoms with van der Waals surface area (Å²) < 4.78 is 11.9. The highest BCUT2D eigenvalue weighted by atomic mass is 32.2. The molecule has 0 unspecified atom stereocenters. The van der Waals surface area contributed by atoms with Crippen molar-refractivity contribution in [3.63, 3.8) is 0 Å². The van der Waals surface area contributed by atoms with Crippen molar-refractivity contribution in [3.8, 4) is 11.8 Å². The predicted octanol–water partition coefficient (Wildman–Crippen LogP) is 3.12. The highest BCUT2D eigenvalue weighted by Crippen LogP contribution is 2.21. The lowest BCUT2D eigenvalue weighted by atomic mass is 10.3. The molecule has 0 bridgehead atoms. The summed E-state index contributed by atoms with van der Waals surface area (Å²) in [6.45, 7) is 0.0443. The lowest BCUT2D eigenvalue weighted by Gasteiger charge is -1.98. The molecule has 6 heteroatoms. The van der Waals surface area contributed by atoms with E-state index >= 15 is 0 Å². The number of hydrogen-bond acceptors (Lipinski definition) is 5. The summed E-state index contributed by atoms with van der Waals surface area (Å²) in [4.78, 5) is 16.1. The topological polar surface area (TPSA) is 57.3 Å². The van der Waals surface area contributed by atoms with E-state index in [1.54, 1.807) is 23.9 Å². The number of rotatable bonds is 4. The average Bonchev–Trinajstić information content (AvgIpc) is 3.20. The maximum atomic E-state index is 11.5. The summed E-state index contributed by atoms with van der Waals surface area (Å²) >= 11 is 1.55. The van der Waals surface area contributed by atoms with E-state index in [1.165, 1.54) is 6.26 Å². The Hall–Kier alpha value is -2.65. The molecule has 3 aromatic rings. The molecule has 3 rings (SSSR count). The van der Waals surface area contributed by atoms with Gasteiger partial charge in [-0.25, -0.2) is 9.78 Å². The van der Waals surface area contributed by atoms with Crippen LogP contribution in [-0.2, 0) is 11.8 Å². The quantitative estimate of drug-likeness (QED) is 0.419. The molecular weight excluding hydrogens is 312 g/mol. The molecule has 1 aromatic carbocycles. The Morgan fingerprint density at radius 3 is 2.96 bits per heavy atom. The molecule has 116 valence electrons. The first kappa shape index (κ1) is 15.3. The third kappa shape index (κ3) is 3.58. The third-order valence-electron chi connectivity index (χ3n) is 3.14. The summed E-state index contributed by atoms with van der Waals surface area (Å²) in [5.41, 5.74) is 2.06. The molecule has 2 aromatic heterocycles. The van der Waals surface area contributed by atoms with Crippen LogP contribution >= 0.6 is 11.8 Å². The molecule has 23 heavy (non-hydrogen) atoms. The van der Waals surface area contributed by atoms with E-state index in [9.17, 15) is 4.79 Å². The second-order valence-electron chi connectivity index (χ2n) is 4.64. The maximum absolute atomic E-state index is 11.5. The number of aromatic nitrogens is 2. The van der Waals surface area contributed by atoms with Gasteiger partial charge in [0.15, 0.2) is 11.8 Å². The molecule has 0 saturated heterocycles. The average molecular weight is 326 g/mol. The number of hydrogen-bond donors (Lipinski definition) is 0. The number of carbonyl (C=O) groups excluding carboxylic acids is 1. The molecular formula is C17H14N2O3S. The van der Waals surface area contributed by atoms with Gasteiger partial charge in [0.1, 0.15) is 0 Å². The van der Waals surface area contributed by atoms with Gasteiger partial charge in [0, 0.05) is 7.05 Å². The van der Waals surface area contributed by atoms with Gasteiger partial charge in [0.05, 0.1) is 23.0 Å². The van der Waals surface area contributed by atoms with Gasteiger partial charge in [-0.3, -0.25) is 0 Å². The van der Waals surface area contributed by atoms with E-state index in [1.807, 2.05) is 35.9 Å². The lowest BCUT2D eigenvalue weighted by Crippen LogP contribution is -2.03. The van der Waals surface area contributed by atoms with Gasteiger partial charge in [-0.2, -0.15) is 0 Å². The molecule has 0 atom stereocenters. The van der Waals surface area contributed by atoms with Crippen LogP contribution < -0.4 is 0 Å². The molecule has 0 saturated carbocycles. The number of thioether (sulfide) groups is 1. The number of ether oxygens (including phenoxy) is 1. The van der Waals surface area contributed by atoms with Gasteiger partial charge >= 0.3 is 5.97 Å². The van der Waals surface area contributed by atoms with Crippen molar-refractivity contribution in [2.75, 3.05) is 12.4 Å². The lowest BCUT2D eigenvalue weighted by molar-refractivity contribution is 0.0520. The van der Waals surface area contributed by atoms with Crippen LogP contribution in [0.4, 0.5) is 0 Å². The SMILES string of the molecule is Cn1c(SCC#CCOC(=O)c2ccco2)nc2ccccc21. The van der Waals surface area contributed by atoms with Gasteiger partial charge in [-0.1, -0.05) is 35.7 Å². The number of carbonyl (C=O) groups is 1. The third-order valence-corrected chi connectivity index (χ3v) is 4.05. The van der Waals surface area contributed by atoms with Crippen LogP contribution in [0.1, 0.15) is 10.6 Å². The normalized spacial score (nSPS) is 10.3. The van der Waals surface area contributed by atoms with E-state index in [0.717, 1.165) is 16.2 Å². The van der Waals surface area contributed by atoms with Crippen molar-refractivity contribution < 1.29 is 13.9 Å². The summed E-state index contributed by atoms with van der Waals surface area (Å²) in [6, 6.07) is 11.2. The van der Waals surface area contributed by atoms with Crippen molar-refractivity contribution in [1.82, 2.24) is 9.55 Å². The first-order valence-electron chi connectivity index (χ1n) is 6.96. The van der Waals surface area contributed by atoms with Crippen molar-refractivity contribution in [1.29, 1.82) is 0 Å². The molecule has 5 nitrogen and oxygen atoms in total. The Kier molecular flexibility index (Phi) is 4.69. The van der Waals surface area contributed by atoms with E-state index < -0.39 is 5.97 Å². The largest absolute Gasteiger partial charge is 0.457 e. The van der Waals surface area contributed by atoms with E-state index in [4.69, 9.17) is 9.15 Å². The molecule has 0 N–H and O–H groups in total. The fourth-order valence-corrected chi connectivity index (χ4v) is 2.78. The van der Waals surface area contributed by atoms with Crippen LogP contribution in [0, 0.1) is 11.8 Å². The molecule has 0 fully saturated rings. The van der Waals surface area contributed by atoms with Crippen molar-refractivity contribution in [3.05, 3.63) is 48.4 Å². The van der Waals surface area contributed by atoms with Crippen LogP contribution in [0.25, 0.3) is 11.0 Å². The van der Waals surface area contributed by atoms with Crippen LogP contribution in [0.3, 0.4) is 0 Å². The Morgan fingerprint density at radius 2 is 2.17 bits per heavy atom. The van der Waals surface area contributed by atoms with Gasteiger partial charge in [0.25, 0.3) is 0 Å². The number of imidazole rings is 1.